The number of aliphatic hydroxyl groups is 1. The van der Waals surface area contributed by atoms with Crippen LogP contribution in [0.2, 0.25) is 0 Å². The topological polar surface area (TPSA) is 72.8 Å². The Hall–Kier alpha value is -1.88. The van der Waals surface area contributed by atoms with Gasteiger partial charge in [-0.1, -0.05) is 141 Å². The number of rotatable bonds is 24. The highest BCUT2D eigenvalue weighted by Gasteiger charge is 2.18. The molecule has 0 radical (unpaired) electrons. The molecule has 0 heterocycles. The Bertz CT molecular complexity index is 673. The minimum absolute atomic E-state index is 0.111. The molecule has 0 aliphatic rings. The summed E-state index contributed by atoms with van der Waals surface area (Å²) in [6.45, 7) is 1.91. The van der Waals surface area contributed by atoms with Gasteiger partial charge in [-0.3, -0.25) is 0 Å². The molecule has 0 spiro atoms. The number of aliphatic hydroxyl groups excluding tert-OH is 1. The quantitative estimate of drug-likeness (QED) is 0.0865. The second kappa shape index (κ2) is 23.5. The fourth-order valence-corrected chi connectivity index (χ4v) is 4.58. The number of ether oxygens (including phenoxy) is 2. The third-order valence-corrected chi connectivity index (χ3v) is 6.79. The molecular formula is C31H52O5. The van der Waals surface area contributed by atoms with Crippen LogP contribution in [0.25, 0.3) is 0 Å². The van der Waals surface area contributed by atoms with E-state index in [2.05, 4.69) is 11.7 Å². The molecule has 0 saturated heterocycles. The van der Waals surface area contributed by atoms with Crippen molar-refractivity contribution in [2.75, 3.05) is 13.4 Å². The maximum absolute atomic E-state index is 12.3. The molecule has 0 amide bonds. The molecule has 0 bridgehead atoms. The van der Waals surface area contributed by atoms with E-state index in [1.54, 1.807) is 12.1 Å². The molecule has 36 heavy (non-hydrogen) atoms. The SMILES string of the molecule is CCCCCCCCCCCCCCCCCCCCCCOC(=O)c1ccccc1C(=O)OCO. The number of unbranched alkanes of at least 4 members (excludes halogenated alkanes) is 19. The van der Waals surface area contributed by atoms with E-state index in [-0.39, 0.29) is 11.1 Å². The van der Waals surface area contributed by atoms with E-state index in [1.807, 2.05) is 0 Å². The predicted octanol–water partition coefficient (Wildman–Crippen LogP) is 8.77. The second-order valence-electron chi connectivity index (χ2n) is 9.96. The summed E-state index contributed by atoms with van der Waals surface area (Å²) in [5.41, 5.74) is 0.282. The lowest BCUT2D eigenvalue weighted by molar-refractivity contribution is 0.00634. The van der Waals surface area contributed by atoms with Gasteiger partial charge in [-0.2, -0.15) is 0 Å². The van der Waals surface area contributed by atoms with Crippen molar-refractivity contribution < 1.29 is 24.2 Å². The van der Waals surface area contributed by atoms with Crippen molar-refractivity contribution >= 4 is 11.9 Å². The molecule has 1 rings (SSSR count). The fraction of sp³-hybridized carbons (Fsp3) is 0.742. The lowest BCUT2D eigenvalue weighted by Gasteiger charge is -2.09. The first-order chi connectivity index (χ1) is 17.7. The summed E-state index contributed by atoms with van der Waals surface area (Å²) < 4.78 is 9.90. The van der Waals surface area contributed by atoms with E-state index in [0.29, 0.717) is 6.61 Å². The van der Waals surface area contributed by atoms with Crippen molar-refractivity contribution in [3.05, 3.63) is 35.4 Å². The van der Waals surface area contributed by atoms with Crippen molar-refractivity contribution in [3.63, 3.8) is 0 Å². The van der Waals surface area contributed by atoms with Crippen LogP contribution >= 0.6 is 0 Å². The van der Waals surface area contributed by atoms with E-state index in [9.17, 15) is 9.59 Å². The summed E-state index contributed by atoms with van der Waals surface area (Å²) in [7, 11) is 0. The minimum atomic E-state index is -0.733. The van der Waals surface area contributed by atoms with Gasteiger partial charge in [0.2, 0.25) is 0 Å². The van der Waals surface area contributed by atoms with Crippen LogP contribution in [-0.2, 0) is 9.47 Å². The van der Waals surface area contributed by atoms with Crippen LogP contribution in [0.3, 0.4) is 0 Å². The summed E-state index contributed by atoms with van der Waals surface area (Å²) in [6.07, 6.45) is 26.6. The van der Waals surface area contributed by atoms with Gasteiger partial charge in [-0.15, -0.1) is 0 Å². The van der Waals surface area contributed by atoms with E-state index in [0.717, 1.165) is 19.3 Å². The standard InChI is InChI=1S/C31H52O5/c1-2-3-4-5-6-7-8-9-10-11-12-13-14-15-16-17-18-19-20-23-26-35-30(33)28-24-21-22-25-29(28)31(34)36-27-32/h21-22,24-25,32H,2-20,23,26-27H2,1H3. The molecule has 0 atom stereocenters. The molecule has 0 fully saturated rings. The maximum Gasteiger partial charge on any atom is 0.341 e. The Balaban J connectivity index is 1.87. The second-order valence-corrected chi connectivity index (χ2v) is 9.96. The van der Waals surface area contributed by atoms with Crippen LogP contribution in [0.5, 0.6) is 0 Å². The van der Waals surface area contributed by atoms with Crippen molar-refractivity contribution in [1.82, 2.24) is 0 Å². The van der Waals surface area contributed by atoms with Crippen molar-refractivity contribution in [3.8, 4) is 0 Å². The monoisotopic (exact) mass is 504 g/mol. The molecule has 5 heteroatoms. The largest absolute Gasteiger partial charge is 0.462 e. The highest BCUT2D eigenvalue weighted by Crippen LogP contribution is 2.15. The summed E-state index contributed by atoms with van der Waals surface area (Å²) in [5, 5.41) is 8.76. The summed E-state index contributed by atoms with van der Waals surface area (Å²) in [4.78, 5) is 24.1. The normalized spacial score (nSPS) is 10.9. The van der Waals surface area contributed by atoms with Crippen LogP contribution in [0.1, 0.15) is 156 Å². The molecule has 0 aliphatic carbocycles. The minimum Gasteiger partial charge on any atom is -0.462 e. The van der Waals surface area contributed by atoms with E-state index in [4.69, 9.17) is 9.84 Å². The van der Waals surface area contributed by atoms with Crippen molar-refractivity contribution in [2.45, 2.75) is 135 Å². The summed E-state index contributed by atoms with van der Waals surface area (Å²) >= 11 is 0. The molecule has 0 saturated carbocycles. The van der Waals surface area contributed by atoms with Gasteiger partial charge >= 0.3 is 11.9 Å². The average Bonchev–Trinajstić information content (AvgIpc) is 2.89. The molecule has 0 unspecified atom stereocenters. The lowest BCUT2D eigenvalue weighted by Crippen LogP contribution is -2.14. The first-order valence-corrected chi connectivity index (χ1v) is 14.7. The summed E-state index contributed by atoms with van der Waals surface area (Å²) in [5.74, 6) is -1.26. The highest BCUT2D eigenvalue weighted by atomic mass is 16.6. The van der Waals surface area contributed by atoms with Gasteiger partial charge in [0.25, 0.3) is 0 Å². The third kappa shape index (κ3) is 16.7. The van der Waals surface area contributed by atoms with Gasteiger partial charge in [-0.05, 0) is 18.6 Å². The van der Waals surface area contributed by atoms with Gasteiger partial charge in [0.1, 0.15) is 0 Å². The van der Waals surface area contributed by atoms with Crippen LogP contribution in [0, 0.1) is 0 Å². The molecule has 206 valence electrons. The zero-order chi connectivity index (χ0) is 26.1. The number of carbonyl (C=O) groups excluding carboxylic acids is 2. The Kier molecular flexibility index (Phi) is 21.0. The van der Waals surface area contributed by atoms with Gasteiger partial charge in [0.05, 0.1) is 17.7 Å². The Morgan fingerprint density at radius 2 is 0.889 bits per heavy atom. The van der Waals surface area contributed by atoms with Crippen LogP contribution in [0.15, 0.2) is 24.3 Å². The number of benzene rings is 1. The highest BCUT2D eigenvalue weighted by molar-refractivity contribution is 6.03. The van der Waals surface area contributed by atoms with Crippen LogP contribution in [0.4, 0.5) is 0 Å². The zero-order valence-corrected chi connectivity index (χ0v) is 22.9. The lowest BCUT2D eigenvalue weighted by atomic mass is 10.0. The van der Waals surface area contributed by atoms with Crippen LogP contribution in [-0.4, -0.2) is 30.4 Å². The average molecular weight is 505 g/mol. The first kappa shape index (κ1) is 32.1. The predicted molar refractivity (Wildman–Crippen MR) is 147 cm³/mol. The van der Waals surface area contributed by atoms with Crippen molar-refractivity contribution in [2.24, 2.45) is 0 Å². The molecule has 0 aliphatic heterocycles. The molecule has 5 nitrogen and oxygen atoms in total. The number of hydrogen-bond acceptors (Lipinski definition) is 5. The van der Waals surface area contributed by atoms with Gasteiger partial charge < -0.3 is 14.6 Å². The Morgan fingerprint density at radius 1 is 0.556 bits per heavy atom. The first-order valence-electron chi connectivity index (χ1n) is 14.7. The molecular weight excluding hydrogens is 452 g/mol. The molecule has 1 N–H and O–H groups in total. The summed E-state index contributed by atoms with van der Waals surface area (Å²) in [6, 6.07) is 6.34. The van der Waals surface area contributed by atoms with Gasteiger partial charge in [-0.25, -0.2) is 9.59 Å². The van der Waals surface area contributed by atoms with Gasteiger partial charge in [0.15, 0.2) is 6.79 Å². The number of hydrogen-bond donors (Lipinski definition) is 1. The van der Waals surface area contributed by atoms with E-state index >= 15 is 0 Å². The molecule has 0 aromatic heterocycles. The fourth-order valence-electron chi connectivity index (χ4n) is 4.58. The third-order valence-electron chi connectivity index (χ3n) is 6.79. The molecule has 1 aromatic carbocycles. The zero-order valence-electron chi connectivity index (χ0n) is 22.9. The Morgan fingerprint density at radius 3 is 1.25 bits per heavy atom. The molecule has 1 aromatic rings. The van der Waals surface area contributed by atoms with E-state index < -0.39 is 18.7 Å². The Labute approximate surface area is 220 Å². The maximum atomic E-state index is 12.3. The number of esters is 2. The van der Waals surface area contributed by atoms with Crippen molar-refractivity contribution in [1.29, 1.82) is 0 Å². The van der Waals surface area contributed by atoms with E-state index in [1.165, 1.54) is 121 Å². The smallest absolute Gasteiger partial charge is 0.341 e. The van der Waals surface area contributed by atoms with Gasteiger partial charge in [0, 0.05) is 0 Å². The number of carbonyl (C=O) groups is 2. The van der Waals surface area contributed by atoms with Crippen LogP contribution < -0.4 is 0 Å².